The Labute approximate surface area is 107 Å². The van der Waals surface area contributed by atoms with Gasteiger partial charge in [0.15, 0.2) is 17.5 Å². The van der Waals surface area contributed by atoms with E-state index in [1.54, 1.807) is 0 Å². The van der Waals surface area contributed by atoms with Crippen molar-refractivity contribution in [3.63, 3.8) is 0 Å². The molecule has 19 heavy (non-hydrogen) atoms. The van der Waals surface area contributed by atoms with E-state index in [1.807, 2.05) is 6.92 Å². The van der Waals surface area contributed by atoms with Crippen LogP contribution in [0.4, 0.5) is 13.2 Å². The van der Waals surface area contributed by atoms with E-state index in [9.17, 15) is 13.2 Å². The minimum atomic E-state index is -1.05. The number of nitrogens with one attached hydrogen (secondary N) is 1. The molecule has 102 valence electrons. The Morgan fingerprint density at radius 3 is 2.53 bits per heavy atom. The van der Waals surface area contributed by atoms with Crippen LogP contribution in [0, 0.1) is 17.5 Å². The fourth-order valence-electron chi connectivity index (χ4n) is 1.60. The Morgan fingerprint density at radius 2 is 1.89 bits per heavy atom. The first kappa shape index (κ1) is 13.5. The molecule has 2 aromatic rings. The topological polar surface area (TPSA) is 55.6 Å². The predicted molar refractivity (Wildman–Crippen MR) is 61.0 cm³/mol. The zero-order valence-corrected chi connectivity index (χ0v) is 10.2. The van der Waals surface area contributed by atoms with Crippen LogP contribution in [0.5, 0.6) is 0 Å². The van der Waals surface area contributed by atoms with Gasteiger partial charge < -0.3 is 5.32 Å². The smallest absolute Gasteiger partial charge is 0.170 e. The second-order valence-electron chi connectivity index (χ2n) is 3.90. The number of tetrazole rings is 1. The second-order valence-corrected chi connectivity index (χ2v) is 3.90. The lowest BCUT2D eigenvalue weighted by molar-refractivity contribution is 0.519. The van der Waals surface area contributed by atoms with Crippen molar-refractivity contribution < 1.29 is 13.2 Å². The van der Waals surface area contributed by atoms with Crippen LogP contribution in [0.15, 0.2) is 12.1 Å². The summed E-state index contributed by atoms with van der Waals surface area (Å²) in [7, 11) is 0. The lowest BCUT2D eigenvalue weighted by atomic mass is 10.3. The van der Waals surface area contributed by atoms with Gasteiger partial charge in [-0.05, 0) is 23.4 Å². The molecular weight excluding hydrogens is 259 g/mol. The molecule has 0 bridgehead atoms. The summed E-state index contributed by atoms with van der Waals surface area (Å²) >= 11 is 0. The van der Waals surface area contributed by atoms with E-state index in [1.165, 1.54) is 0 Å². The Bertz CT molecular complexity index is 546. The Hall–Kier alpha value is -1.96. The van der Waals surface area contributed by atoms with Gasteiger partial charge in [0.1, 0.15) is 11.5 Å². The highest BCUT2D eigenvalue weighted by molar-refractivity contribution is 5.35. The van der Waals surface area contributed by atoms with Crippen LogP contribution in [0.1, 0.15) is 19.2 Å². The first-order valence-corrected chi connectivity index (χ1v) is 5.76. The minimum absolute atomic E-state index is 0.248. The Kier molecular flexibility index (Phi) is 4.10. The number of hydrogen-bond donors (Lipinski definition) is 1. The predicted octanol–water partition coefficient (Wildman–Crippen LogP) is 1.58. The first-order valence-electron chi connectivity index (χ1n) is 5.76. The van der Waals surface area contributed by atoms with Crippen LogP contribution < -0.4 is 5.32 Å². The monoisotopic (exact) mass is 271 g/mol. The summed E-state index contributed by atoms with van der Waals surface area (Å²) in [6, 6.07) is 1.17. The Morgan fingerprint density at radius 1 is 1.21 bits per heavy atom. The lowest BCUT2D eigenvalue weighted by Gasteiger charge is -2.07. The average molecular weight is 271 g/mol. The highest BCUT2D eigenvalue weighted by Crippen LogP contribution is 2.19. The van der Waals surface area contributed by atoms with Crippen molar-refractivity contribution in [2.24, 2.45) is 0 Å². The van der Waals surface area contributed by atoms with Crippen molar-refractivity contribution in [1.82, 2.24) is 25.5 Å². The molecule has 0 atom stereocenters. The molecule has 1 aromatic heterocycles. The van der Waals surface area contributed by atoms with E-state index in [4.69, 9.17) is 0 Å². The van der Waals surface area contributed by atoms with Crippen molar-refractivity contribution in [1.29, 1.82) is 0 Å². The summed E-state index contributed by atoms with van der Waals surface area (Å²) in [4.78, 5) is 0. The molecule has 2 rings (SSSR count). The van der Waals surface area contributed by atoms with Gasteiger partial charge in [0.2, 0.25) is 0 Å². The molecule has 0 saturated carbocycles. The molecule has 0 fully saturated rings. The average Bonchev–Trinajstić information content (AvgIpc) is 2.76. The van der Waals surface area contributed by atoms with E-state index in [2.05, 4.69) is 20.8 Å². The fraction of sp³-hybridized carbons (Fsp3) is 0.364. The highest BCUT2D eigenvalue weighted by atomic mass is 19.1. The van der Waals surface area contributed by atoms with Crippen molar-refractivity contribution >= 4 is 0 Å². The highest BCUT2D eigenvalue weighted by Gasteiger charge is 2.18. The van der Waals surface area contributed by atoms with Crippen LogP contribution in [-0.4, -0.2) is 26.8 Å². The third-order valence-corrected chi connectivity index (χ3v) is 2.44. The van der Waals surface area contributed by atoms with E-state index < -0.39 is 23.1 Å². The standard InChI is InChI=1S/C11H12F3N5/c1-2-3-15-6-10-16-17-18-19(10)11-8(13)4-7(12)5-9(11)14/h4-5,15H,2-3,6H2,1H3. The van der Waals surface area contributed by atoms with Gasteiger partial charge in [0.25, 0.3) is 0 Å². The van der Waals surface area contributed by atoms with Crippen LogP contribution in [-0.2, 0) is 6.54 Å². The summed E-state index contributed by atoms with van der Waals surface area (Å²) in [5.41, 5.74) is -0.486. The molecule has 1 aromatic carbocycles. The molecule has 0 aliphatic heterocycles. The lowest BCUT2D eigenvalue weighted by Crippen LogP contribution is -2.18. The van der Waals surface area contributed by atoms with Crippen molar-refractivity contribution in [2.45, 2.75) is 19.9 Å². The van der Waals surface area contributed by atoms with Gasteiger partial charge in [-0.1, -0.05) is 6.92 Å². The van der Waals surface area contributed by atoms with Gasteiger partial charge in [0, 0.05) is 12.1 Å². The van der Waals surface area contributed by atoms with Gasteiger partial charge in [-0.25, -0.2) is 13.2 Å². The summed E-state index contributed by atoms with van der Waals surface area (Å²) in [5.74, 6) is -2.85. The third-order valence-electron chi connectivity index (χ3n) is 2.44. The van der Waals surface area contributed by atoms with Crippen molar-refractivity contribution in [3.05, 3.63) is 35.4 Å². The normalized spacial score (nSPS) is 10.9. The number of halogens is 3. The summed E-state index contributed by atoms with van der Waals surface area (Å²) in [5, 5.41) is 13.6. The zero-order chi connectivity index (χ0) is 13.8. The molecule has 0 spiro atoms. The van der Waals surface area contributed by atoms with Gasteiger partial charge in [0.05, 0.1) is 6.54 Å². The zero-order valence-electron chi connectivity index (χ0n) is 10.2. The van der Waals surface area contributed by atoms with Crippen LogP contribution in [0.2, 0.25) is 0 Å². The number of rotatable bonds is 5. The summed E-state index contributed by atoms with van der Waals surface area (Å²) in [6.45, 7) is 2.97. The summed E-state index contributed by atoms with van der Waals surface area (Å²) < 4.78 is 41.0. The van der Waals surface area contributed by atoms with Gasteiger partial charge in [-0.2, -0.15) is 4.68 Å². The molecule has 0 amide bonds. The van der Waals surface area contributed by atoms with Crippen LogP contribution in [0.3, 0.4) is 0 Å². The molecular formula is C11H12F3N5. The maximum absolute atomic E-state index is 13.6. The molecule has 0 saturated heterocycles. The molecule has 8 heteroatoms. The largest absolute Gasteiger partial charge is 0.310 e. The van der Waals surface area contributed by atoms with Gasteiger partial charge in [-0.15, -0.1) is 5.10 Å². The molecule has 0 aliphatic carbocycles. The number of aromatic nitrogens is 4. The van der Waals surface area contributed by atoms with Gasteiger partial charge in [-0.3, -0.25) is 0 Å². The number of benzene rings is 1. The number of hydrogen-bond acceptors (Lipinski definition) is 4. The van der Waals surface area contributed by atoms with Gasteiger partial charge >= 0.3 is 0 Å². The molecule has 0 aliphatic rings. The fourth-order valence-corrected chi connectivity index (χ4v) is 1.60. The first-order chi connectivity index (χ1) is 9.13. The number of nitrogens with zero attached hydrogens (tertiary/aromatic N) is 4. The third kappa shape index (κ3) is 2.90. The van der Waals surface area contributed by atoms with Crippen LogP contribution >= 0.6 is 0 Å². The maximum atomic E-state index is 13.6. The van der Waals surface area contributed by atoms with Crippen molar-refractivity contribution in [2.75, 3.05) is 6.54 Å². The van der Waals surface area contributed by atoms with E-state index >= 15 is 0 Å². The molecule has 1 heterocycles. The Balaban J connectivity index is 2.35. The molecule has 0 radical (unpaired) electrons. The van der Waals surface area contributed by atoms with Crippen molar-refractivity contribution in [3.8, 4) is 5.69 Å². The second kappa shape index (κ2) is 5.79. The molecule has 5 nitrogen and oxygen atoms in total. The maximum Gasteiger partial charge on any atom is 0.170 e. The van der Waals surface area contributed by atoms with E-state index in [-0.39, 0.29) is 12.4 Å². The van der Waals surface area contributed by atoms with E-state index in [0.29, 0.717) is 12.1 Å². The molecule has 0 unspecified atom stereocenters. The quantitative estimate of drug-likeness (QED) is 0.839. The van der Waals surface area contributed by atoms with E-state index in [0.717, 1.165) is 17.6 Å². The minimum Gasteiger partial charge on any atom is -0.310 e. The summed E-state index contributed by atoms with van der Waals surface area (Å²) in [6.07, 6.45) is 0.904. The molecule has 1 N–H and O–H groups in total. The van der Waals surface area contributed by atoms with Crippen LogP contribution in [0.25, 0.3) is 5.69 Å². The SMILES string of the molecule is CCCNCc1nnnn1-c1c(F)cc(F)cc1F.